The van der Waals surface area contributed by atoms with E-state index in [2.05, 4.69) is 10.6 Å². The normalized spacial score (nSPS) is 12.1. The fourth-order valence-corrected chi connectivity index (χ4v) is 3.28. The van der Waals surface area contributed by atoms with Crippen molar-refractivity contribution < 1.29 is 19.5 Å². The third-order valence-corrected chi connectivity index (χ3v) is 4.65. The SMILES string of the molecule is CC(C)[C@H](NC(=O)c1c2ccccc2cc2ccccc12)C(=O)NCC(=O)O. The molecule has 0 aromatic heterocycles. The smallest absolute Gasteiger partial charge is 0.322 e. The van der Waals surface area contributed by atoms with Gasteiger partial charge in [0.15, 0.2) is 0 Å². The Morgan fingerprint density at radius 2 is 1.46 bits per heavy atom. The van der Waals surface area contributed by atoms with Gasteiger partial charge in [-0.15, -0.1) is 0 Å². The molecule has 2 amide bonds. The largest absolute Gasteiger partial charge is 0.480 e. The first-order valence-corrected chi connectivity index (χ1v) is 9.09. The summed E-state index contributed by atoms with van der Waals surface area (Å²) in [4.78, 5) is 36.3. The van der Waals surface area contributed by atoms with Gasteiger partial charge in [-0.1, -0.05) is 62.4 Å². The number of hydrogen-bond acceptors (Lipinski definition) is 3. The molecule has 0 bridgehead atoms. The predicted molar refractivity (Wildman–Crippen MR) is 108 cm³/mol. The van der Waals surface area contributed by atoms with Crippen molar-refractivity contribution in [3.05, 3.63) is 60.2 Å². The summed E-state index contributed by atoms with van der Waals surface area (Å²) in [6.07, 6.45) is 0. The average Bonchev–Trinajstić information content (AvgIpc) is 2.67. The van der Waals surface area contributed by atoms with Crippen LogP contribution in [-0.4, -0.2) is 35.5 Å². The van der Waals surface area contributed by atoms with Gasteiger partial charge in [0.05, 0.1) is 5.56 Å². The third-order valence-electron chi connectivity index (χ3n) is 4.65. The molecule has 0 fully saturated rings. The number of hydrogen-bond donors (Lipinski definition) is 3. The molecule has 3 rings (SSSR count). The van der Waals surface area contributed by atoms with Crippen LogP contribution in [-0.2, 0) is 9.59 Å². The van der Waals surface area contributed by atoms with E-state index in [4.69, 9.17) is 5.11 Å². The van der Waals surface area contributed by atoms with Crippen molar-refractivity contribution in [2.45, 2.75) is 19.9 Å². The molecule has 6 heteroatoms. The summed E-state index contributed by atoms with van der Waals surface area (Å²) >= 11 is 0. The highest BCUT2D eigenvalue weighted by molar-refractivity contribution is 6.18. The standard InChI is InChI=1S/C22H22N2O4/c1-13(2)20(22(28)23-12-18(25)26)24-21(27)19-16-9-5-3-7-14(16)11-15-8-4-6-10-17(15)19/h3-11,13,20H,12H2,1-2H3,(H,23,28)(H,24,27)(H,25,26)/t20-/m0/s1. The minimum absolute atomic E-state index is 0.209. The number of aliphatic carboxylic acids is 1. The molecular formula is C22H22N2O4. The van der Waals surface area contributed by atoms with Crippen LogP contribution in [0.15, 0.2) is 54.6 Å². The number of benzene rings is 3. The van der Waals surface area contributed by atoms with Crippen LogP contribution < -0.4 is 10.6 Å². The van der Waals surface area contributed by atoms with E-state index in [-0.39, 0.29) is 11.8 Å². The van der Waals surface area contributed by atoms with Crippen molar-refractivity contribution in [1.82, 2.24) is 10.6 Å². The Labute approximate surface area is 162 Å². The van der Waals surface area contributed by atoms with Gasteiger partial charge in [-0.05, 0) is 33.5 Å². The van der Waals surface area contributed by atoms with Crippen molar-refractivity contribution in [1.29, 1.82) is 0 Å². The Bertz CT molecular complexity index is 1000. The summed E-state index contributed by atoms with van der Waals surface area (Å²) in [6, 6.07) is 16.4. The molecule has 144 valence electrons. The highest BCUT2D eigenvalue weighted by Gasteiger charge is 2.26. The molecule has 0 spiro atoms. The Morgan fingerprint density at radius 3 is 1.96 bits per heavy atom. The lowest BCUT2D eigenvalue weighted by Crippen LogP contribution is -2.50. The highest BCUT2D eigenvalue weighted by Crippen LogP contribution is 2.28. The van der Waals surface area contributed by atoms with Gasteiger partial charge in [0.2, 0.25) is 5.91 Å². The Morgan fingerprint density at radius 1 is 0.929 bits per heavy atom. The van der Waals surface area contributed by atoms with Crippen LogP contribution in [0, 0.1) is 5.92 Å². The quantitative estimate of drug-likeness (QED) is 0.575. The second-order valence-electron chi connectivity index (χ2n) is 7.00. The Balaban J connectivity index is 2.01. The fraction of sp³-hybridized carbons (Fsp3) is 0.227. The maximum absolute atomic E-state index is 13.2. The first-order valence-electron chi connectivity index (χ1n) is 9.09. The minimum atomic E-state index is -1.14. The number of carboxylic acid groups (broad SMARTS) is 1. The molecule has 3 N–H and O–H groups in total. The Hall–Kier alpha value is -3.41. The van der Waals surface area contributed by atoms with Crippen LogP contribution in [0.2, 0.25) is 0 Å². The van der Waals surface area contributed by atoms with Gasteiger partial charge in [-0.2, -0.15) is 0 Å². The third kappa shape index (κ3) is 3.96. The van der Waals surface area contributed by atoms with Crippen LogP contribution in [0.3, 0.4) is 0 Å². The number of rotatable bonds is 6. The molecule has 0 aliphatic carbocycles. The molecular weight excluding hydrogens is 356 g/mol. The lowest BCUT2D eigenvalue weighted by Gasteiger charge is -2.22. The lowest BCUT2D eigenvalue weighted by molar-refractivity contribution is -0.138. The number of amides is 2. The predicted octanol–water partition coefficient (Wildman–Crippen LogP) is 2.95. The zero-order valence-electron chi connectivity index (χ0n) is 15.7. The lowest BCUT2D eigenvalue weighted by atomic mass is 9.95. The van der Waals surface area contributed by atoms with Crippen LogP contribution in [0.5, 0.6) is 0 Å². The molecule has 3 aromatic carbocycles. The van der Waals surface area contributed by atoms with Crippen molar-refractivity contribution >= 4 is 39.3 Å². The van der Waals surface area contributed by atoms with Gasteiger partial charge in [0.25, 0.3) is 5.91 Å². The monoisotopic (exact) mass is 378 g/mol. The Kier molecular flexibility index (Phi) is 5.59. The van der Waals surface area contributed by atoms with Crippen LogP contribution in [0.1, 0.15) is 24.2 Å². The number of carbonyl (C=O) groups is 3. The molecule has 0 heterocycles. The summed E-state index contributed by atoms with van der Waals surface area (Å²) < 4.78 is 0. The molecule has 0 unspecified atom stereocenters. The van der Waals surface area contributed by atoms with Gasteiger partial charge in [-0.3, -0.25) is 14.4 Å². The van der Waals surface area contributed by atoms with Crippen molar-refractivity contribution in [2.75, 3.05) is 6.54 Å². The number of carboxylic acids is 1. The first kappa shape index (κ1) is 19.4. The summed E-state index contributed by atoms with van der Waals surface area (Å²) in [5.74, 6) is -2.23. The van der Waals surface area contributed by atoms with Crippen LogP contribution in [0.4, 0.5) is 0 Å². The molecule has 0 radical (unpaired) electrons. The van der Waals surface area contributed by atoms with Crippen LogP contribution in [0.25, 0.3) is 21.5 Å². The molecule has 0 saturated carbocycles. The van der Waals surface area contributed by atoms with E-state index in [1.807, 2.05) is 54.6 Å². The summed E-state index contributed by atoms with van der Waals surface area (Å²) in [5.41, 5.74) is 0.505. The molecule has 0 aliphatic rings. The van der Waals surface area contributed by atoms with E-state index < -0.39 is 24.5 Å². The maximum Gasteiger partial charge on any atom is 0.322 e. The van der Waals surface area contributed by atoms with Crippen molar-refractivity contribution in [3.8, 4) is 0 Å². The topological polar surface area (TPSA) is 95.5 Å². The second kappa shape index (κ2) is 8.08. The summed E-state index contributed by atoms with van der Waals surface area (Å²) in [5, 5.41) is 17.4. The van der Waals surface area contributed by atoms with Crippen LogP contribution >= 0.6 is 0 Å². The fourth-order valence-electron chi connectivity index (χ4n) is 3.28. The number of carbonyl (C=O) groups excluding carboxylic acids is 2. The maximum atomic E-state index is 13.2. The number of nitrogens with one attached hydrogen (secondary N) is 2. The van der Waals surface area contributed by atoms with E-state index >= 15 is 0 Å². The summed E-state index contributed by atoms with van der Waals surface area (Å²) in [7, 11) is 0. The molecule has 28 heavy (non-hydrogen) atoms. The zero-order chi connectivity index (χ0) is 20.3. The molecule has 0 aliphatic heterocycles. The molecule has 6 nitrogen and oxygen atoms in total. The van der Waals surface area contributed by atoms with Crippen molar-refractivity contribution in [2.24, 2.45) is 5.92 Å². The minimum Gasteiger partial charge on any atom is -0.480 e. The van der Waals surface area contributed by atoms with E-state index in [9.17, 15) is 14.4 Å². The van der Waals surface area contributed by atoms with Gasteiger partial charge in [-0.25, -0.2) is 0 Å². The second-order valence-corrected chi connectivity index (χ2v) is 7.00. The van der Waals surface area contributed by atoms with Crippen molar-refractivity contribution in [3.63, 3.8) is 0 Å². The number of fused-ring (bicyclic) bond motifs is 2. The van der Waals surface area contributed by atoms with Gasteiger partial charge in [0.1, 0.15) is 12.6 Å². The van der Waals surface area contributed by atoms with E-state index in [1.165, 1.54) is 0 Å². The van der Waals surface area contributed by atoms with E-state index in [0.717, 1.165) is 21.5 Å². The van der Waals surface area contributed by atoms with E-state index in [0.29, 0.717) is 5.56 Å². The van der Waals surface area contributed by atoms with Gasteiger partial charge >= 0.3 is 5.97 Å². The molecule has 1 atom stereocenters. The average molecular weight is 378 g/mol. The van der Waals surface area contributed by atoms with Gasteiger partial charge < -0.3 is 15.7 Å². The zero-order valence-corrected chi connectivity index (χ0v) is 15.7. The molecule has 3 aromatic rings. The molecule has 0 saturated heterocycles. The van der Waals surface area contributed by atoms with E-state index in [1.54, 1.807) is 13.8 Å². The summed E-state index contributed by atoms with van der Waals surface area (Å²) in [6.45, 7) is 3.11. The highest BCUT2D eigenvalue weighted by atomic mass is 16.4. The van der Waals surface area contributed by atoms with Gasteiger partial charge in [0, 0.05) is 0 Å². The first-order chi connectivity index (χ1) is 13.4.